The smallest absolute Gasteiger partial charge is 0.00845 e. The molecular weight excluding hydrogens is 156 g/mol. The van der Waals surface area contributed by atoms with Gasteiger partial charge in [-0.25, -0.2) is 0 Å². The van der Waals surface area contributed by atoms with Gasteiger partial charge in [-0.15, -0.1) is 0 Å². The van der Waals surface area contributed by atoms with E-state index in [4.69, 9.17) is 0 Å². The van der Waals surface area contributed by atoms with Crippen molar-refractivity contribution in [2.24, 2.45) is 0 Å². The third kappa shape index (κ3) is 1.31. The van der Waals surface area contributed by atoms with E-state index < -0.39 is 0 Å². The minimum atomic E-state index is 0.238. The first-order valence-corrected chi connectivity index (χ1v) is 4.96. The highest BCUT2D eigenvalue weighted by atomic mass is 14.3. The van der Waals surface area contributed by atoms with E-state index in [1.54, 1.807) is 0 Å². The summed E-state index contributed by atoms with van der Waals surface area (Å²) in [5, 5.41) is 0. The van der Waals surface area contributed by atoms with Crippen molar-refractivity contribution in [3.63, 3.8) is 0 Å². The van der Waals surface area contributed by atoms with E-state index in [1.807, 2.05) is 0 Å². The molecule has 0 amide bonds. The van der Waals surface area contributed by atoms with E-state index in [0.717, 1.165) is 6.42 Å². The van der Waals surface area contributed by atoms with Gasteiger partial charge >= 0.3 is 0 Å². The van der Waals surface area contributed by atoms with Crippen molar-refractivity contribution >= 4 is 6.08 Å². The molecule has 1 aromatic carbocycles. The lowest BCUT2D eigenvalue weighted by atomic mass is 9.86. The number of hydrogen-bond donors (Lipinski definition) is 0. The zero-order valence-electron chi connectivity index (χ0n) is 8.59. The van der Waals surface area contributed by atoms with Crippen LogP contribution in [-0.4, -0.2) is 0 Å². The topological polar surface area (TPSA) is 0 Å². The molecule has 1 aromatic rings. The first kappa shape index (κ1) is 8.55. The van der Waals surface area contributed by atoms with Crippen molar-refractivity contribution in [1.29, 1.82) is 0 Å². The molecule has 0 unspecified atom stereocenters. The SMILES string of the molecule is CCc1ccc2c(c1)C=CC2(C)C. The Morgan fingerprint density at radius 2 is 2.00 bits per heavy atom. The molecule has 1 aliphatic carbocycles. The largest absolute Gasteiger partial charge is 0.0739 e. The lowest BCUT2D eigenvalue weighted by molar-refractivity contribution is 0.683. The number of allylic oxidation sites excluding steroid dienone is 1. The van der Waals surface area contributed by atoms with Gasteiger partial charge in [-0.1, -0.05) is 51.1 Å². The lowest BCUT2D eigenvalue weighted by Crippen LogP contribution is -2.10. The fourth-order valence-electron chi connectivity index (χ4n) is 1.94. The van der Waals surface area contributed by atoms with Crippen molar-refractivity contribution in [2.75, 3.05) is 0 Å². The monoisotopic (exact) mass is 172 g/mol. The molecule has 1 aliphatic rings. The van der Waals surface area contributed by atoms with E-state index >= 15 is 0 Å². The second kappa shape index (κ2) is 2.73. The van der Waals surface area contributed by atoms with E-state index in [9.17, 15) is 0 Å². The van der Waals surface area contributed by atoms with Crippen LogP contribution in [0.5, 0.6) is 0 Å². The molecule has 0 atom stereocenters. The van der Waals surface area contributed by atoms with Crippen LogP contribution in [0.15, 0.2) is 24.3 Å². The fourth-order valence-corrected chi connectivity index (χ4v) is 1.94. The standard InChI is InChI=1S/C13H16/c1-4-10-5-6-12-11(9-10)7-8-13(12,2)3/h5-9H,4H2,1-3H3. The lowest BCUT2D eigenvalue weighted by Gasteiger charge is -2.17. The van der Waals surface area contributed by atoms with Crippen molar-refractivity contribution in [3.8, 4) is 0 Å². The van der Waals surface area contributed by atoms with E-state index in [0.29, 0.717) is 0 Å². The predicted octanol–water partition coefficient (Wildman–Crippen LogP) is 3.55. The number of benzene rings is 1. The van der Waals surface area contributed by atoms with Crippen LogP contribution in [0.1, 0.15) is 37.5 Å². The van der Waals surface area contributed by atoms with Crippen LogP contribution in [-0.2, 0) is 11.8 Å². The maximum atomic E-state index is 2.31. The summed E-state index contributed by atoms with van der Waals surface area (Å²) in [5.74, 6) is 0. The Kier molecular flexibility index (Phi) is 1.80. The molecule has 68 valence electrons. The quantitative estimate of drug-likeness (QED) is 0.607. The van der Waals surface area contributed by atoms with Gasteiger partial charge in [-0.3, -0.25) is 0 Å². The fraction of sp³-hybridized carbons (Fsp3) is 0.385. The molecule has 2 rings (SSSR count). The van der Waals surface area contributed by atoms with Gasteiger partial charge in [0.25, 0.3) is 0 Å². The summed E-state index contributed by atoms with van der Waals surface area (Å²) in [6, 6.07) is 6.82. The molecule has 0 spiro atoms. The van der Waals surface area contributed by atoms with E-state index in [1.165, 1.54) is 16.7 Å². The van der Waals surface area contributed by atoms with E-state index in [2.05, 4.69) is 51.1 Å². The molecule has 0 heterocycles. The van der Waals surface area contributed by atoms with Gasteiger partial charge in [-0.05, 0) is 23.1 Å². The van der Waals surface area contributed by atoms with Gasteiger partial charge in [0.15, 0.2) is 0 Å². The number of hydrogen-bond acceptors (Lipinski definition) is 0. The van der Waals surface area contributed by atoms with Gasteiger partial charge in [-0.2, -0.15) is 0 Å². The molecule has 0 nitrogen and oxygen atoms in total. The summed E-state index contributed by atoms with van der Waals surface area (Å²) in [6.45, 7) is 6.73. The van der Waals surface area contributed by atoms with Gasteiger partial charge < -0.3 is 0 Å². The Hall–Kier alpha value is -1.04. The van der Waals surface area contributed by atoms with Crippen LogP contribution < -0.4 is 0 Å². The van der Waals surface area contributed by atoms with Gasteiger partial charge in [0.05, 0.1) is 0 Å². The second-order valence-corrected chi connectivity index (χ2v) is 4.33. The van der Waals surface area contributed by atoms with Crippen LogP contribution in [0.25, 0.3) is 6.08 Å². The first-order valence-electron chi connectivity index (χ1n) is 4.96. The highest BCUT2D eigenvalue weighted by molar-refractivity contribution is 5.65. The zero-order valence-corrected chi connectivity index (χ0v) is 8.59. The van der Waals surface area contributed by atoms with Crippen molar-refractivity contribution in [1.82, 2.24) is 0 Å². The average Bonchev–Trinajstić information content (AvgIpc) is 2.42. The third-order valence-corrected chi connectivity index (χ3v) is 2.90. The van der Waals surface area contributed by atoms with Crippen molar-refractivity contribution in [3.05, 3.63) is 41.0 Å². The van der Waals surface area contributed by atoms with Gasteiger partial charge in [0.1, 0.15) is 0 Å². The number of fused-ring (bicyclic) bond motifs is 1. The van der Waals surface area contributed by atoms with E-state index in [-0.39, 0.29) is 5.41 Å². The molecule has 0 aliphatic heterocycles. The highest BCUT2D eigenvalue weighted by Gasteiger charge is 2.24. The maximum absolute atomic E-state index is 2.31. The van der Waals surface area contributed by atoms with Crippen LogP contribution in [0.3, 0.4) is 0 Å². The summed E-state index contributed by atoms with van der Waals surface area (Å²) in [6.07, 6.45) is 5.66. The summed E-state index contributed by atoms with van der Waals surface area (Å²) in [5.41, 5.74) is 4.54. The average molecular weight is 172 g/mol. The minimum Gasteiger partial charge on any atom is -0.0739 e. The Bertz CT molecular complexity index is 356. The zero-order chi connectivity index (χ0) is 9.47. The molecule has 0 N–H and O–H groups in total. The first-order chi connectivity index (χ1) is 6.13. The second-order valence-electron chi connectivity index (χ2n) is 4.33. The van der Waals surface area contributed by atoms with Crippen molar-refractivity contribution in [2.45, 2.75) is 32.6 Å². The van der Waals surface area contributed by atoms with Crippen molar-refractivity contribution < 1.29 is 0 Å². The molecule has 0 saturated heterocycles. The molecule has 0 heteroatoms. The molecular formula is C13H16. The predicted molar refractivity (Wildman–Crippen MR) is 57.9 cm³/mol. The minimum absolute atomic E-state index is 0.238. The Morgan fingerprint density at radius 1 is 1.23 bits per heavy atom. The van der Waals surface area contributed by atoms with Gasteiger partial charge in [0.2, 0.25) is 0 Å². The molecule has 0 bridgehead atoms. The molecule has 13 heavy (non-hydrogen) atoms. The summed E-state index contributed by atoms with van der Waals surface area (Å²) >= 11 is 0. The molecule has 0 radical (unpaired) electrons. The van der Waals surface area contributed by atoms with Crippen LogP contribution >= 0.6 is 0 Å². The molecule has 0 fully saturated rings. The molecule has 0 aromatic heterocycles. The number of aryl methyl sites for hydroxylation is 1. The Morgan fingerprint density at radius 3 is 2.69 bits per heavy atom. The third-order valence-electron chi connectivity index (χ3n) is 2.90. The number of rotatable bonds is 1. The highest BCUT2D eigenvalue weighted by Crippen LogP contribution is 2.35. The van der Waals surface area contributed by atoms with Gasteiger partial charge in [0, 0.05) is 5.41 Å². The maximum Gasteiger partial charge on any atom is 0.00845 e. The normalized spacial score (nSPS) is 17.5. The van der Waals surface area contributed by atoms with Crippen LogP contribution in [0, 0.1) is 0 Å². The Labute approximate surface area is 80.3 Å². The van der Waals surface area contributed by atoms with Crippen LogP contribution in [0.2, 0.25) is 0 Å². The van der Waals surface area contributed by atoms with Crippen LogP contribution in [0.4, 0.5) is 0 Å². The summed E-state index contributed by atoms with van der Waals surface area (Å²) in [7, 11) is 0. The summed E-state index contributed by atoms with van der Waals surface area (Å²) in [4.78, 5) is 0. The summed E-state index contributed by atoms with van der Waals surface area (Å²) < 4.78 is 0. The molecule has 0 saturated carbocycles. The Balaban J connectivity index is 2.52.